The molecule has 2 N–H and O–H groups in total. The Morgan fingerprint density at radius 2 is 1.87 bits per heavy atom. The molecule has 2 heterocycles. The number of furan rings is 1. The number of hydrogen-bond donors (Lipinski definition) is 2. The molecule has 0 atom stereocenters. The number of alkyl halides is 3. The number of benzene rings is 1. The summed E-state index contributed by atoms with van der Waals surface area (Å²) in [4.78, 5) is 30.1. The van der Waals surface area contributed by atoms with Gasteiger partial charge < -0.3 is 19.4 Å². The molecule has 0 aliphatic heterocycles. The molecule has 0 saturated heterocycles. The minimum Gasteiger partial charge on any atom is -0.475 e. The number of nitrogens with zero attached hydrogens (tertiary/aromatic N) is 2. The molecule has 162 valence electrons. The van der Waals surface area contributed by atoms with Crippen molar-refractivity contribution in [2.75, 3.05) is 13.6 Å². The fourth-order valence-electron chi connectivity index (χ4n) is 2.61. The van der Waals surface area contributed by atoms with Crippen molar-refractivity contribution >= 4 is 22.8 Å². The predicted octanol–water partition coefficient (Wildman–Crippen LogP) is 3.65. The van der Waals surface area contributed by atoms with Gasteiger partial charge in [-0.3, -0.25) is 4.79 Å². The van der Waals surface area contributed by atoms with Gasteiger partial charge in [0.1, 0.15) is 5.58 Å². The van der Waals surface area contributed by atoms with E-state index in [2.05, 4.69) is 29.9 Å². The molecule has 0 unspecified atom stereocenters. The first kappa shape index (κ1) is 23.0. The fourth-order valence-corrected chi connectivity index (χ4v) is 2.61. The highest BCUT2D eigenvalue weighted by molar-refractivity contribution is 5.88. The van der Waals surface area contributed by atoms with E-state index in [1.54, 1.807) is 23.7 Å². The van der Waals surface area contributed by atoms with Crippen molar-refractivity contribution in [3.8, 4) is 0 Å². The summed E-state index contributed by atoms with van der Waals surface area (Å²) in [7, 11) is 1.83. The van der Waals surface area contributed by atoms with Crippen molar-refractivity contribution in [3.05, 3.63) is 53.3 Å². The number of aliphatic carboxylic acids is 1. The van der Waals surface area contributed by atoms with Crippen molar-refractivity contribution in [2.45, 2.75) is 32.9 Å². The van der Waals surface area contributed by atoms with E-state index in [-0.39, 0.29) is 5.91 Å². The molecule has 0 fully saturated rings. The molecule has 1 aromatic carbocycles. The maximum Gasteiger partial charge on any atom is 0.490 e. The van der Waals surface area contributed by atoms with Crippen LogP contribution in [-0.2, 0) is 22.4 Å². The molecule has 7 nitrogen and oxygen atoms in total. The van der Waals surface area contributed by atoms with Gasteiger partial charge in [-0.15, -0.1) is 0 Å². The molecule has 0 saturated carbocycles. The fraction of sp³-hybridized carbons (Fsp3) is 0.350. The zero-order valence-corrected chi connectivity index (χ0v) is 16.7. The molecule has 3 aromatic rings. The number of carboxylic acid groups (broad SMARTS) is 1. The van der Waals surface area contributed by atoms with Crippen LogP contribution in [0.3, 0.4) is 0 Å². The van der Waals surface area contributed by atoms with Crippen LogP contribution in [0, 0.1) is 13.8 Å². The smallest absolute Gasteiger partial charge is 0.475 e. The Hall–Kier alpha value is -3.30. The first-order valence-corrected chi connectivity index (χ1v) is 8.97. The topological polar surface area (TPSA) is 99.4 Å². The van der Waals surface area contributed by atoms with Crippen LogP contribution in [0.25, 0.3) is 11.0 Å². The molecule has 0 aliphatic rings. The van der Waals surface area contributed by atoms with Crippen molar-refractivity contribution in [1.82, 2.24) is 14.9 Å². The molecule has 0 bridgehead atoms. The number of carbonyl (C=O) groups is 2. The van der Waals surface area contributed by atoms with Crippen LogP contribution in [0.2, 0.25) is 0 Å². The highest BCUT2D eigenvalue weighted by atomic mass is 19.4. The van der Waals surface area contributed by atoms with E-state index >= 15 is 0 Å². The maximum atomic E-state index is 12.4. The van der Waals surface area contributed by atoms with Crippen LogP contribution in [0.15, 0.2) is 35.3 Å². The van der Waals surface area contributed by atoms with Crippen molar-refractivity contribution < 1.29 is 32.3 Å². The standard InChI is InChI=1S/C18H21N3O2.C2HF3O2/c1-12-6-16-14(10-23-17(16)7-13(12)2)8-18(22)21(3)5-4-15-9-19-11-20-15;3-2(4,5)1(6)7/h6-7,9-11H,4-5,8H2,1-3H3,(H,19,20);(H,6,7). The second-order valence-corrected chi connectivity index (χ2v) is 6.82. The zero-order chi connectivity index (χ0) is 22.5. The normalized spacial score (nSPS) is 11.1. The van der Waals surface area contributed by atoms with Gasteiger partial charge in [-0.05, 0) is 37.1 Å². The van der Waals surface area contributed by atoms with Gasteiger partial charge in [-0.1, -0.05) is 0 Å². The largest absolute Gasteiger partial charge is 0.490 e. The van der Waals surface area contributed by atoms with Crippen LogP contribution in [0.1, 0.15) is 22.4 Å². The first-order chi connectivity index (χ1) is 14.0. The molecule has 0 aliphatic carbocycles. The average molecular weight is 425 g/mol. The maximum absolute atomic E-state index is 12.4. The van der Waals surface area contributed by atoms with Gasteiger partial charge in [0.15, 0.2) is 0 Å². The van der Waals surface area contributed by atoms with E-state index in [0.29, 0.717) is 13.0 Å². The molecule has 2 aromatic heterocycles. The Balaban J connectivity index is 0.000000396. The van der Waals surface area contributed by atoms with Gasteiger partial charge in [-0.25, -0.2) is 9.78 Å². The minimum absolute atomic E-state index is 0.0884. The number of rotatable bonds is 5. The number of H-pyrrole nitrogens is 1. The van der Waals surface area contributed by atoms with Crippen LogP contribution in [0.5, 0.6) is 0 Å². The van der Waals surface area contributed by atoms with Gasteiger partial charge in [-0.2, -0.15) is 13.2 Å². The van der Waals surface area contributed by atoms with E-state index in [4.69, 9.17) is 14.3 Å². The predicted molar refractivity (Wildman–Crippen MR) is 103 cm³/mol. The Bertz CT molecular complexity index is 1010. The molecule has 30 heavy (non-hydrogen) atoms. The number of aromatic nitrogens is 2. The SMILES string of the molecule is Cc1cc2occ(CC(=O)N(C)CCc3cnc[nH]3)c2cc1C.O=C(O)C(F)(F)F. The molecule has 3 rings (SSSR count). The molecule has 10 heteroatoms. The molecule has 0 radical (unpaired) electrons. The van der Waals surface area contributed by atoms with E-state index in [1.165, 1.54) is 11.1 Å². The Kier molecular flexibility index (Phi) is 7.25. The monoisotopic (exact) mass is 425 g/mol. The number of carbonyl (C=O) groups excluding carboxylic acids is 1. The first-order valence-electron chi connectivity index (χ1n) is 8.97. The summed E-state index contributed by atoms with van der Waals surface area (Å²) in [5.74, 6) is -2.67. The van der Waals surface area contributed by atoms with E-state index in [0.717, 1.165) is 28.6 Å². The van der Waals surface area contributed by atoms with Crippen LogP contribution >= 0.6 is 0 Å². The molecular formula is C20H22F3N3O4. The van der Waals surface area contributed by atoms with Crippen LogP contribution in [-0.4, -0.2) is 51.6 Å². The highest BCUT2D eigenvalue weighted by Crippen LogP contribution is 2.25. The third kappa shape index (κ3) is 6.10. The summed E-state index contributed by atoms with van der Waals surface area (Å²) < 4.78 is 37.3. The van der Waals surface area contributed by atoms with E-state index in [9.17, 15) is 18.0 Å². The number of amides is 1. The summed E-state index contributed by atoms with van der Waals surface area (Å²) in [5.41, 5.74) is 5.23. The third-order valence-electron chi connectivity index (χ3n) is 4.55. The lowest BCUT2D eigenvalue weighted by Gasteiger charge is -2.16. The quantitative estimate of drug-likeness (QED) is 0.650. The number of aryl methyl sites for hydroxylation is 2. The summed E-state index contributed by atoms with van der Waals surface area (Å²) in [6.45, 7) is 4.80. The number of halogens is 3. The number of hydrogen-bond acceptors (Lipinski definition) is 4. The van der Waals surface area contributed by atoms with Gasteiger partial charge in [0.2, 0.25) is 5.91 Å². The number of carboxylic acids is 1. The summed E-state index contributed by atoms with van der Waals surface area (Å²) in [6, 6.07) is 4.13. The molecule has 1 amide bonds. The number of likely N-dealkylation sites (N-methyl/N-ethyl adjacent to an activating group) is 1. The lowest BCUT2D eigenvalue weighted by Crippen LogP contribution is -2.30. The van der Waals surface area contributed by atoms with Crippen molar-refractivity contribution in [3.63, 3.8) is 0 Å². The van der Waals surface area contributed by atoms with E-state index in [1.807, 2.05) is 13.1 Å². The van der Waals surface area contributed by atoms with Gasteiger partial charge in [0.05, 0.1) is 19.0 Å². The van der Waals surface area contributed by atoms with Gasteiger partial charge in [0.25, 0.3) is 0 Å². The highest BCUT2D eigenvalue weighted by Gasteiger charge is 2.38. The third-order valence-corrected chi connectivity index (χ3v) is 4.55. The zero-order valence-electron chi connectivity index (χ0n) is 16.7. The second kappa shape index (κ2) is 9.47. The van der Waals surface area contributed by atoms with Gasteiger partial charge in [0, 0.05) is 42.9 Å². The number of nitrogens with one attached hydrogen (secondary N) is 1. The Labute approximate surface area is 170 Å². The minimum atomic E-state index is -5.08. The number of imidazole rings is 1. The van der Waals surface area contributed by atoms with Crippen molar-refractivity contribution in [2.24, 2.45) is 0 Å². The van der Waals surface area contributed by atoms with Crippen LogP contribution < -0.4 is 0 Å². The Morgan fingerprint density at radius 1 is 1.23 bits per heavy atom. The average Bonchev–Trinajstić information content (AvgIpc) is 3.30. The van der Waals surface area contributed by atoms with Gasteiger partial charge >= 0.3 is 12.1 Å². The number of aromatic amines is 1. The lowest BCUT2D eigenvalue weighted by atomic mass is 10.0. The lowest BCUT2D eigenvalue weighted by molar-refractivity contribution is -0.192. The van der Waals surface area contributed by atoms with Crippen molar-refractivity contribution in [1.29, 1.82) is 0 Å². The number of fused-ring (bicyclic) bond motifs is 1. The summed E-state index contributed by atoms with van der Waals surface area (Å²) in [5, 5.41) is 8.16. The molecule has 0 spiro atoms. The molecular weight excluding hydrogens is 403 g/mol. The van der Waals surface area contributed by atoms with Crippen LogP contribution in [0.4, 0.5) is 13.2 Å². The summed E-state index contributed by atoms with van der Waals surface area (Å²) in [6.07, 6.45) is 1.18. The van der Waals surface area contributed by atoms with E-state index < -0.39 is 12.1 Å². The summed E-state index contributed by atoms with van der Waals surface area (Å²) >= 11 is 0. The second-order valence-electron chi connectivity index (χ2n) is 6.82. The Morgan fingerprint density at radius 3 is 2.43 bits per heavy atom.